The van der Waals surface area contributed by atoms with Crippen molar-refractivity contribution in [2.75, 3.05) is 0 Å². The van der Waals surface area contributed by atoms with Gasteiger partial charge in [0.2, 0.25) is 0 Å². The van der Waals surface area contributed by atoms with Crippen molar-refractivity contribution in [1.82, 2.24) is 9.78 Å². The molecule has 0 bridgehead atoms. The molecule has 2 heterocycles. The van der Waals surface area contributed by atoms with Crippen LogP contribution in [0.1, 0.15) is 28.2 Å². The number of nitrogens with zero attached hydrogens (tertiary/aromatic N) is 2. The summed E-state index contributed by atoms with van der Waals surface area (Å²) in [4.78, 5) is 13.0. The average molecular weight is 256 g/mol. The smallest absolute Gasteiger partial charge is 0.266 e. The minimum atomic E-state index is -0.0649. The molecule has 0 saturated heterocycles. The molecule has 0 radical (unpaired) electrons. The monoisotopic (exact) mass is 256 g/mol. The third-order valence-corrected chi connectivity index (χ3v) is 3.72. The second-order valence-electron chi connectivity index (χ2n) is 4.05. The maximum atomic E-state index is 12.3. The van der Waals surface area contributed by atoms with Gasteiger partial charge in [-0.2, -0.15) is 9.78 Å². The molecule has 0 atom stereocenters. The van der Waals surface area contributed by atoms with Crippen molar-refractivity contribution in [2.24, 2.45) is 0 Å². The van der Waals surface area contributed by atoms with Crippen LogP contribution in [0, 0.1) is 0 Å². The van der Waals surface area contributed by atoms with Crippen LogP contribution < -0.4 is 0 Å². The van der Waals surface area contributed by atoms with E-state index in [0.29, 0.717) is 4.88 Å². The van der Waals surface area contributed by atoms with E-state index in [1.807, 2.05) is 23.6 Å². The van der Waals surface area contributed by atoms with Crippen molar-refractivity contribution in [2.45, 2.75) is 12.8 Å². The van der Waals surface area contributed by atoms with Gasteiger partial charge in [0.1, 0.15) is 0 Å². The molecule has 0 amide bonds. The standard InChI is InChI=1S/C14H12N2OS/c17-14(13-7-4-10-18-13)16-12(8-9-15-16)11-5-2-1-3-6-11/h2,4-10H,1,3H2. The maximum absolute atomic E-state index is 12.3. The Labute approximate surface area is 109 Å². The fourth-order valence-corrected chi connectivity index (χ4v) is 2.64. The fourth-order valence-electron chi connectivity index (χ4n) is 1.99. The molecule has 0 N–H and O–H groups in total. The van der Waals surface area contributed by atoms with Crippen LogP contribution in [0.25, 0.3) is 5.57 Å². The predicted molar refractivity (Wildman–Crippen MR) is 72.6 cm³/mol. The zero-order valence-electron chi connectivity index (χ0n) is 9.74. The van der Waals surface area contributed by atoms with Crippen LogP contribution in [0.2, 0.25) is 0 Å². The highest BCUT2D eigenvalue weighted by Gasteiger charge is 2.16. The first-order valence-electron chi connectivity index (χ1n) is 5.85. The summed E-state index contributed by atoms with van der Waals surface area (Å²) in [5.41, 5.74) is 1.94. The van der Waals surface area contributed by atoms with Gasteiger partial charge in [-0.1, -0.05) is 24.3 Å². The molecule has 3 nitrogen and oxygen atoms in total. The topological polar surface area (TPSA) is 34.9 Å². The highest BCUT2D eigenvalue weighted by Crippen LogP contribution is 2.22. The summed E-state index contributed by atoms with van der Waals surface area (Å²) in [6, 6.07) is 5.58. The molecule has 2 aromatic rings. The molecule has 0 spiro atoms. The first kappa shape index (κ1) is 11.2. The van der Waals surface area contributed by atoms with Gasteiger partial charge < -0.3 is 0 Å². The number of hydrogen-bond donors (Lipinski definition) is 0. The number of rotatable bonds is 2. The predicted octanol–water partition coefficient (Wildman–Crippen LogP) is 3.37. The first-order chi connectivity index (χ1) is 8.86. The molecule has 1 aliphatic rings. The molecule has 3 rings (SSSR count). The summed E-state index contributed by atoms with van der Waals surface area (Å²) in [7, 11) is 0. The quantitative estimate of drug-likeness (QED) is 0.825. The van der Waals surface area contributed by atoms with E-state index < -0.39 is 0 Å². The number of carbonyl (C=O) groups is 1. The van der Waals surface area contributed by atoms with E-state index >= 15 is 0 Å². The van der Waals surface area contributed by atoms with E-state index in [2.05, 4.69) is 23.3 Å². The van der Waals surface area contributed by atoms with Gasteiger partial charge in [-0.3, -0.25) is 4.79 Å². The summed E-state index contributed by atoms with van der Waals surface area (Å²) < 4.78 is 1.48. The molecule has 0 unspecified atom stereocenters. The Morgan fingerprint density at radius 3 is 3.00 bits per heavy atom. The van der Waals surface area contributed by atoms with Crippen LogP contribution in [0.15, 0.2) is 48.0 Å². The number of allylic oxidation sites excluding steroid dienone is 4. The number of hydrogen-bond acceptors (Lipinski definition) is 3. The van der Waals surface area contributed by atoms with Crippen molar-refractivity contribution in [1.29, 1.82) is 0 Å². The summed E-state index contributed by atoms with van der Waals surface area (Å²) >= 11 is 1.44. The zero-order valence-corrected chi connectivity index (χ0v) is 10.6. The number of thiophene rings is 1. The minimum absolute atomic E-state index is 0.0649. The van der Waals surface area contributed by atoms with Gasteiger partial charge in [-0.05, 0) is 35.9 Å². The third kappa shape index (κ3) is 1.95. The van der Waals surface area contributed by atoms with Gasteiger partial charge in [0.15, 0.2) is 0 Å². The molecule has 90 valence electrons. The minimum Gasteiger partial charge on any atom is -0.266 e. The maximum Gasteiger partial charge on any atom is 0.288 e. The van der Waals surface area contributed by atoms with Crippen LogP contribution in [-0.4, -0.2) is 15.7 Å². The lowest BCUT2D eigenvalue weighted by Crippen LogP contribution is -2.15. The lowest BCUT2D eigenvalue weighted by Gasteiger charge is -2.08. The SMILES string of the molecule is O=C(c1cccs1)n1nccc1C1=CCCC=C1. The van der Waals surface area contributed by atoms with Crippen LogP contribution in [0.4, 0.5) is 0 Å². The molecule has 0 aromatic carbocycles. The van der Waals surface area contributed by atoms with Gasteiger partial charge in [-0.15, -0.1) is 11.3 Å². The van der Waals surface area contributed by atoms with Crippen LogP contribution >= 0.6 is 11.3 Å². The molecular weight excluding hydrogens is 244 g/mol. The average Bonchev–Trinajstić information content (AvgIpc) is 3.10. The largest absolute Gasteiger partial charge is 0.288 e. The Morgan fingerprint density at radius 2 is 2.28 bits per heavy atom. The molecular formula is C14H12N2OS. The molecule has 18 heavy (non-hydrogen) atoms. The van der Waals surface area contributed by atoms with E-state index in [-0.39, 0.29) is 5.91 Å². The van der Waals surface area contributed by atoms with Gasteiger partial charge in [0.05, 0.1) is 16.8 Å². The van der Waals surface area contributed by atoms with Crippen molar-refractivity contribution in [3.8, 4) is 0 Å². The number of carbonyl (C=O) groups excluding carboxylic acids is 1. The van der Waals surface area contributed by atoms with Crippen molar-refractivity contribution < 1.29 is 4.79 Å². The Balaban J connectivity index is 1.99. The van der Waals surface area contributed by atoms with E-state index in [1.165, 1.54) is 16.0 Å². The van der Waals surface area contributed by atoms with Crippen molar-refractivity contribution in [3.63, 3.8) is 0 Å². The van der Waals surface area contributed by atoms with Gasteiger partial charge in [0, 0.05) is 0 Å². The van der Waals surface area contributed by atoms with E-state index in [4.69, 9.17) is 0 Å². The lowest BCUT2D eigenvalue weighted by atomic mass is 10.0. The molecule has 0 fully saturated rings. The number of aromatic nitrogens is 2. The second kappa shape index (κ2) is 4.74. The Bertz CT molecular complexity index is 620. The van der Waals surface area contributed by atoms with Crippen LogP contribution in [0.5, 0.6) is 0 Å². The zero-order chi connectivity index (χ0) is 12.4. The summed E-state index contributed by atoms with van der Waals surface area (Å²) in [6.45, 7) is 0. The summed E-state index contributed by atoms with van der Waals surface area (Å²) in [6.07, 6.45) is 10.1. The van der Waals surface area contributed by atoms with E-state index in [0.717, 1.165) is 24.1 Å². The van der Waals surface area contributed by atoms with Gasteiger partial charge >= 0.3 is 0 Å². The van der Waals surface area contributed by atoms with Crippen LogP contribution in [0.3, 0.4) is 0 Å². The molecule has 2 aromatic heterocycles. The fraction of sp³-hybridized carbons (Fsp3) is 0.143. The van der Waals surface area contributed by atoms with E-state index in [9.17, 15) is 4.79 Å². The van der Waals surface area contributed by atoms with E-state index in [1.54, 1.807) is 6.20 Å². The van der Waals surface area contributed by atoms with Crippen molar-refractivity contribution in [3.05, 3.63) is 58.6 Å². The Hall–Kier alpha value is -1.94. The second-order valence-corrected chi connectivity index (χ2v) is 5.00. The van der Waals surface area contributed by atoms with Gasteiger partial charge in [-0.25, -0.2) is 0 Å². The molecule has 4 heteroatoms. The summed E-state index contributed by atoms with van der Waals surface area (Å²) in [5, 5.41) is 6.05. The molecule has 0 aliphatic heterocycles. The molecule has 0 saturated carbocycles. The third-order valence-electron chi connectivity index (χ3n) is 2.86. The summed E-state index contributed by atoms with van der Waals surface area (Å²) in [5.74, 6) is -0.0649. The normalized spacial score (nSPS) is 14.6. The first-order valence-corrected chi connectivity index (χ1v) is 6.73. The highest BCUT2D eigenvalue weighted by molar-refractivity contribution is 7.12. The van der Waals surface area contributed by atoms with Crippen LogP contribution in [-0.2, 0) is 0 Å². The van der Waals surface area contributed by atoms with Gasteiger partial charge in [0.25, 0.3) is 5.91 Å². The lowest BCUT2D eigenvalue weighted by molar-refractivity contribution is 0.0948. The highest BCUT2D eigenvalue weighted by atomic mass is 32.1. The Kier molecular flexibility index (Phi) is 2.94. The van der Waals surface area contributed by atoms with Crippen molar-refractivity contribution >= 4 is 22.8 Å². The Morgan fingerprint density at radius 1 is 1.33 bits per heavy atom. The molecule has 1 aliphatic carbocycles.